The summed E-state index contributed by atoms with van der Waals surface area (Å²) >= 11 is 8.26. The van der Waals surface area contributed by atoms with Gasteiger partial charge in [0.05, 0.1) is 18.2 Å². The van der Waals surface area contributed by atoms with Gasteiger partial charge in [0, 0.05) is 15.1 Å². The number of methoxy groups -OCH3 is 1. The molecule has 0 unspecified atom stereocenters. The lowest BCUT2D eigenvalue weighted by molar-refractivity contribution is 0.0602. The van der Waals surface area contributed by atoms with Crippen molar-refractivity contribution in [3.05, 3.63) is 37.9 Å². The quantitative estimate of drug-likeness (QED) is 0.397. The van der Waals surface area contributed by atoms with E-state index in [1.807, 2.05) is 12.3 Å². The van der Waals surface area contributed by atoms with Crippen molar-refractivity contribution >= 4 is 56.9 Å². The van der Waals surface area contributed by atoms with Crippen molar-refractivity contribution in [3.8, 4) is 0 Å². The number of ether oxygens (including phenoxy) is 1. The van der Waals surface area contributed by atoms with Gasteiger partial charge in [-0.3, -0.25) is 15.6 Å². The Morgan fingerprint density at radius 2 is 2.07 bits per heavy atom. The summed E-state index contributed by atoms with van der Waals surface area (Å²) in [5, 5.41) is 5.63. The summed E-state index contributed by atoms with van der Waals surface area (Å²) < 4.78 is 4.77. The lowest BCUT2D eigenvalue weighted by Gasteiger charge is -2.19. The van der Waals surface area contributed by atoms with E-state index in [1.165, 1.54) is 23.3 Å². The summed E-state index contributed by atoms with van der Waals surface area (Å²) in [6.45, 7) is 4.13. The highest BCUT2D eigenvalue weighted by atomic mass is 32.1. The van der Waals surface area contributed by atoms with Crippen LogP contribution in [0.25, 0.3) is 0 Å². The van der Waals surface area contributed by atoms with Crippen molar-refractivity contribution < 1.29 is 14.3 Å². The number of hydrogen-bond donors (Lipinski definition) is 3. The molecule has 6 nitrogen and oxygen atoms in total. The molecule has 0 saturated carbocycles. The number of nitrogens with one attached hydrogen (secondary N) is 3. The third kappa shape index (κ3) is 4.48. The summed E-state index contributed by atoms with van der Waals surface area (Å²) in [7, 11) is 1.33. The first-order valence-electron chi connectivity index (χ1n) is 8.54. The largest absolute Gasteiger partial charge is 0.465 e. The standard InChI is InChI=1S/C18H21N3O3S3/c1-9-4-5-11-13(8-26-14(11)6-9)15(22)20-21-18(25)19-16-12(17(23)24-3)7-10(2)27-16/h7-9H,4-6H2,1-3H3,(H,20,22)(H2,19,21,25)/t9-/m1/s1. The van der Waals surface area contributed by atoms with Crippen LogP contribution in [0.2, 0.25) is 0 Å². The van der Waals surface area contributed by atoms with Crippen molar-refractivity contribution in [1.29, 1.82) is 0 Å². The highest BCUT2D eigenvalue weighted by molar-refractivity contribution is 7.80. The summed E-state index contributed by atoms with van der Waals surface area (Å²) in [5.41, 5.74) is 7.62. The number of rotatable bonds is 3. The van der Waals surface area contributed by atoms with E-state index in [9.17, 15) is 9.59 Å². The Hall–Kier alpha value is -1.97. The number of hydrogen-bond acceptors (Lipinski definition) is 6. The van der Waals surface area contributed by atoms with Crippen LogP contribution in [0.4, 0.5) is 5.00 Å². The second-order valence-electron chi connectivity index (χ2n) is 6.52. The Balaban J connectivity index is 1.60. The van der Waals surface area contributed by atoms with E-state index in [1.54, 1.807) is 17.4 Å². The summed E-state index contributed by atoms with van der Waals surface area (Å²) in [5.74, 6) is 0.0230. The highest BCUT2D eigenvalue weighted by Gasteiger charge is 2.23. The number of anilines is 1. The Bertz CT molecular complexity index is 888. The molecule has 1 amide bonds. The van der Waals surface area contributed by atoms with Gasteiger partial charge in [0.1, 0.15) is 5.00 Å². The highest BCUT2D eigenvalue weighted by Crippen LogP contribution is 2.32. The number of thiophene rings is 2. The minimum Gasteiger partial charge on any atom is -0.465 e. The molecule has 9 heteroatoms. The first-order valence-corrected chi connectivity index (χ1v) is 10.6. The molecule has 0 saturated heterocycles. The Morgan fingerprint density at radius 1 is 1.30 bits per heavy atom. The topological polar surface area (TPSA) is 79.5 Å². The Kier molecular flexibility index (Phi) is 6.13. The molecule has 1 aliphatic rings. The lowest BCUT2D eigenvalue weighted by atomic mass is 9.88. The first kappa shape index (κ1) is 19.8. The zero-order chi connectivity index (χ0) is 19.6. The van der Waals surface area contributed by atoms with Crippen molar-refractivity contribution in [2.24, 2.45) is 5.92 Å². The van der Waals surface area contributed by atoms with E-state index < -0.39 is 5.97 Å². The second kappa shape index (κ2) is 8.37. The summed E-state index contributed by atoms with van der Waals surface area (Å²) in [6.07, 6.45) is 3.07. The molecule has 2 aromatic heterocycles. The summed E-state index contributed by atoms with van der Waals surface area (Å²) in [4.78, 5) is 26.6. The van der Waals surface area contributed by atoms with Crippen LogP contribution in [0.5, 0.6) is 0 Å². The van der Waals surface area contributed by atoms with E-state index in [0.29, 0.717) is 22.0 Å². The van der Waals surface area contributed by atoms with E-state index >= 15 is 0 Å². The maximum Gasteiger partial charge on any atom is 0.340 e. The second-order valence-corrected chi connectivity index (χ2v) is 9.15. The van der Waals surface area contributed by atoms with Crippen LogP contribution >= 0.6 is 34.9 Å². The number of thiocarbonyl (C=S) groups is 1. The Morgan fingerprint density at radius 3 is 2.81 bits per heavy atom. The average molecular weight is 424 g/mol. The van der Waals surface area contributed by atoms with Gasteiger partial charge in [-0.15, -0.1) is 22.7 Å². The average Bonchev–Trinajstić information content (AvgIpc) is 3.21. The molecule has 144 valence electrons. The number of esters is 1. The van der Waals surface area contributed by atoms with Crippen molar-refractivity contribution in [2.75, 3.05) is 12.4 Å². The van der Waals surface area contributed by atoms with Crippen LogP contribution in [-0.4, -0.2) is 24.1 Å². The zero-order valence-electron chi connectivity index (χ0n) is 15.3. The lowest BCUT2D eigenvalue weighted by Crippen LogP contribution is -2.44. The van der Waals surface area contributed by atoms with Crippen molar-refractivity contribution in [2.45, 2.75) is 33.1 Å². The van der Waals surface area contributed by atoms with Gasteiger partial charge in [0.2, 0.25) is 0 Å². The number of carbonyl (C=O) groups excluding carboxylic acids is 2. The molecule has 1 aliphatic carbocycles. The van der Waals surface area contributed by atoms with Crippen LogP contribution in [0, 0.1) is 12.8 Å². The van der Waals surface area contributed by atoms with Crippen LogP contribution in [0.1, 0.15) is 49.4 Å². The minimum atomic E-state index is -0.437. The van der Waals surface area contributed by atoms with Gasteiger partial charge in [0.25, 0.3) is 5.91 Å². The fourth-order valence-electron chi connectivity index (χ4n) is 3.05. The van der Waals surface area contributed by atoms with E-state index in [2.05, 4.69) is 23.1 Å². The molecule has 0 aromatic carbocycles. The molecular weight excluding hydrogens is 402 g/mol. The first-order chi connectivity index (χ1) is 12.9. The van der Waals surface area contributed by atoms with E-state index in [-0.39, 0.29) is 11.0 Å². The van der Waals surface area contributed by atoms with Crippen LogP contribution in [0.3, 0.4) is 0 Å². The summed E-state index contributed by atoms with van der Waals surface area (Å²) in [6, 6.07) is 1.73. The molecule has 27 heavy (non-hydrogen) atoms. The van der Waals surface area contributed by atoms with Gasteiger partial charge in [-0.1, -0.05) is 6.92 Å². The molecule has 0 aliphatic heterocycles. The van der Waals surface area contributed by atoms with E-state index in [0.717, 1.165) is 29.7 Å². The smallest absolute Gasteiger partial charge is 0.340 e. The number of fused-ring (bicyclic) bond motifs is 1. The SMILES string of the molecule is COC(=O)c1cc(C)sc1NC(=S)NNC(=O)c1csc2c1CC[C@@H](C)C2. The normalized spacial score (nSPS) is 15.6. The van der Waals surface area contributed by atoms with Gasteiger partial charge in [-0.2, -0.15) is 0 Å². The fraction of sp³-hybridized carbons (Fsp3) is 0.389. The van der Waals surface area contributed by atoms with Crippen molar-refractivity contribution in [1.82, 2.24) is 10.9 Å². The predicted octanol–water partition coefficient (Wildman–Crippen LogP) is 3.66. The molecule has 3 rings (SSSR count). The van der Waals surface area contributed by atoms with Gasteiger partial charge < -0.3 is 10.1 Å². The van der Waals surface area contributed by atoms with Gasteiger partial charge >= 0.3 is 5.97 Å². The molecule has 0 spiro atoms. The molecule has 2 aromatic rings. The molecule has 2 heterocycles. The maximum absolute atomic E-state index is 12.5. The molecule has 3 N–H and O–H groups in total. The van der Waals surface area contributed by atoms with Crippen LogP contribution < -0.4 is 16.2 Å². The maximum atomic E-state index is 12.5. The third-order valence-electron chi connectivity index (χ3n) is 4.42. The zero-order valence-corrected chi connectivity index (χ0v) is 17.8. The number of amides is 1. The predicted molar refractivity (Wildman–Crippen MR) is 113 cm³/mol. The minimum absolute atomic E-state index is 0.202. The molecule has 0 radical (unpaired) electrons. The fourth-order valence-corrected chi connectivity index (χ4v) is 5.42. The van der Waals surface area contributed by atoms with Crippen LogP contribution in [0.15, 0.2) is 11.4 Å². The van der Waals surface area contributed by atoms with Crippen molar-refractivity contribution in [3.63, 3.8) is 0 Å². The molecule has 1 atom stereocenters. The molecular formula is C18H21N3O3S3. The van der Waals surface area contributed by atoms with Gasteiger partial charge in [-0.25, -0.2) is 4.79 Å². The molecule has 0 fully saturated rings. The number of carbonyl (C=O) groups is 2. The van der Waals surface area contributed by atoms with Crippen LogP contribution in [-0.2, 0) is 17.6 Å². The monoisotopic (exact) mass is 423 g/mol. The van der Waals surface area contributed by atoms with E-state index in [4.69, 9.17) is 17.0 Å². The third-order valence-corrected chi connectivity index (χ3v) is 6.64. The Labute approximate surface area is 171 Å². The van der Waals surface area contributed by atoms with Gasteiger partial charge in [0.15, 0.2) is 5.11 Å². The van der Waals surface area contributed by atoms with Gasteiger partial charge in [-0.05, 0) is 56.0 Å². The number of hydrazine groups is 1. The molecule has 0 bridgehead atoms. The number of aryl methyl sites for hydroxylation is 1.